The van der Waals surface area contributed by atoms with Crippen LogP contribution < -0.4 is 5.73 Å². The number of nitrogens with two attached hydrogens (primary N) is 1. The molecule has 12 heavy (non-hydrogen) atoms. The van der Waals surface area contributed by atoms with Crippen LogP contribution in [0, 0.1) is 0 Å². The highest BCUT2D eigenvalue weighted by atomic mass is 31.2. The highest BCUT2D eigenvalue weighted by Gasteiger charge is 2.48. The molecule has 0 aromatic carbocycles. The number of carbonyl (C=O) groups is 1. The van der Waals surface area contributed by atoms with Crippen molar-refractivity contribution in [2.24, 2.45) is 5.73 Å². The van der Waals surface area contributed by atoms with E-state index in [0.717, 1.165) is 6.92 Å². The van der Waals surface area contributed by atoms with Crippen LogP contribution in [0.5, 0.6) is 0 Å². The minimum Gasteiger partial charge on any atom is -0.371 e. The lowest BCUT2D eigenvalue weighted by Gasteiger charge is -2.24. The number of Topliss-reactive ketones (excluding diaryl/α,β-unsaturated/α-hetero) is 1. The summed E-state index contributed by atoms with van der Waals surface area (Å²) in [4.78, 5) is 28.0. The van der Waals surface area contributed by atoms with Crippen LogP contribution in [-0.2, 0) is 9.36 Å². The quantitative estimate of drug-likeness (QED) is 0.419. The van der Waals surface area contributed by atoms with E-state index >= 15 is 0 Å². The van der Waals surface area contributed by atoms with Gasteiger partial charge in [0.1, 0.15) is 0 Å². The molecule has 0 radical (unpaired) electrons. The number of hydrogen-bond acceptors (Lipinski definition) is 4. The van der Waals surface area contributed by atoms with Crippen molar-refractivity contribution in [1.29, 1.82) is 0 Å². The van der Waals surface area contributed by atoms with E-state index < -0.39 is 25.1 Å². The first-order valence-corrected chi connectivity index (χ1v) is 4.86. The van der Waals surface area contributed by atoms with Crippen molar-refractivity contribution in [3.05, 3.63) is 0 Å². The number of rotatable bonds is 4. The summed E-state index contributed by atoms with van der Waals surface area (Å²) in [6, 6.07) is 0. The number of carbonyl (C=O) groups excluding carboxylic acids is 1. The van der Waals surface area contributed by atoms with E-state index in [1.165, 1.54) is 0 Å². The molecule has 0 saturated heterocycles. The van der Waals surface area contributed by atoms with E-state index in [1.54, 1.807) is 0 Å². The Bertz CT molecular complexity index is 224. The van der Waals surface area contributed by atoms with Gasteiger partial charge in [-0.05, 0) is 13.5 Å². The maximum Gasteiger partial charge on any atom is 0.364 e. The zero-order valence-corrected chi connectivity index (χ0v) is 7.49. The van der Waals surface area contributed by atoms with Crippen molar-refractivity contribution in [2.45, 2.75) is 18.7 Å². The van der Waals surface area contributed by atoms with Crippen molar-refractivity contribution < 1.29 is 24.3 Å². The van der Waals surface area contributed by atoms with E-state index in [2.05, 4.69) is 0 Å². The zero-order chi connectivity index (χ0) is 9.99. The fourth-order valence-electron chi connectivity index (χ4n) is 0.728. The van der Waals surface area contributed by atoms with Crippen LogP contribution in [0.1, 0.15) is 13.3 Å². The molecule has 0 rings (SSSR count). The molecule has 0 aromatic rings. The average molecular weight is 197 g/mol. The van der Waals surface area contributed by atoms with Gasteiger partial charge in [-0.15, -0.1) is 0 Å². The van der Waals surface area contributed by atoms with E-state index in [1.807, 2.05) is 0 Å². The van der Waals surface area contributed by atoms with E-state index in [9.17, 15) is 14.5 Å². The third kappa shape index (κ3) is 2.12. The number of hydrogen-bond donors (Lipinski definition) is 4. The molecule has 0 saturated carbocycles. The monoisotopic (exact) mass is 197 g/mol. The summed E-state index contributed by atoms with van der Waals surface area (Å²) in [5.74, 6) is -0.971. The molecule has 7 heteroatoms. The Kier molecular flexibility index (Phi) is 3.56. The van der Waals surface area contributed by atoms with Crippen molar-refractivity contribution >= 4 is 13.4 Å². The summed E-state index contributed by atoms with van der Waals surface area (Å²) >= 11 is 0. The van der Waals surface area contributed by atoms with Crippen molar-refractivity contribution in [3.8, 4) is 0 Å². The van der Waals surface area contributed by atoms with Crippen molar-refractivity contribution in [1.82, 2.24) is 0 Å². The van der Waals surface area contributed by atoms with Crippen LogP contribution >= 0.6 is 7.60 Å². The molecule has 0 aliphatic rings. The maximum atomic E-state index is 10.7. The third-order valence-electron chi connectivity index (χ3n) is 1.54. The predicted molar refractivity (Wildman–Crippen MR) is 41.3 cm³/mol. The molecule has 0 aliphatic carbocycles. The molecule has 5 N–H and O–H groups in total. The summed E-state index contributed by atoms with van der Waals surface area (Å²) in [7, 11) is -4.83. The summed E-state index contributed by atoms with van der Waals surface area (Å²) in [5.41, 5.74) is 4.99. The molecule has 0 heterocycles. The highest BCUT2D eigenvalue weighted by Crippen LogP contribution is 2.50. The molecular weight excluding hydrogens is 185 g/mol. The molecule has 0 aliphatic heterocycles. The lowest BCUT2D eigenvalue weighted by molar-refractivity contribution is -0.129. The summed E-state index contributed by atoms with van der Waals surface area (Å²) in [6.45, 7) is 0.746. The second-order valence-electron chi connectivity index (χ2n) is 2.46. The van der Waals surface area contributed by atoms with Gasteiger partial charge in [-0.25, -0.2) is 0 Å². The molecule has 0 bridgehead atoms. The first kappa shape index (κ1) is 11.7. The molecule has 1 unspecified atom stereocenters. The van der Waals surface area contributed by atoms with Crippen molar-refractivity contribution in [3.63, 3.8) is 0 Å². The van der Waals surface area contributed by atoms with Gasteiger partial charge >= 0.3 is 7.60 Å². The lowest BCUT2D eigenvalue weighted by Crippen LogP contribution is -2.38. The van der Waals surface area contributed by atoms with Gasteiger partial charge < -0.3 is 20.6 Å². The molecule has 1 atom stereocenters. The van der Waals surface area contributed by atoms with Gasteiger partial charge in [-0.1, -0.05) is 0 Å². The Morgan fingerprint density at radius 3 is 2.08 bits per heavy atom. The second-order valence-corrected chi connectivity index (χ2v) is 4.28. The fourth-order valence-corrected chi connectivity index (χ4v) is 1.56. The topological polar surface area (TPSA) is 121 Å². The van der Waals surface area contributed by atoms with Crippen LogP contribution in [0.15, 0.2) is 0 Å². The van der Waals surface area contributed by atoms with E-state index in [-0.39, 0.29) is 6.54 Å². The van der Waals surface area contributed by atoms with Crippen LogP contribution in [0.2, 0.25) is 0 Å². The maximum absolute atomic E-state index is 10.7. The Balaban J connectivity index is 4.88. The van der Waals surface area contributed by atoms with Crippen LogP contribution in [0.3, 0.4) is 0 Å². The Labute approximate surface area is 69.5 Å². The molecule has 0 amide bonds. The molecule has 0 aromatic heterocycles. The summed E-state index contributed by atoms with van der Waals surface area (Å²) in [6.07, 6.45) is -0.438. The smallest absolute Gasteiger partial charge is 0.364 e. The van der Waals surface area contributed by atoms with Gasteiger partial charge in [-0.2, -0.15) is 0 Å². The Morgan fingerprint density at radius 1 is 1.58 bits per heavy atom. The zero-order valence-electron chi connectivity index (χ0n) is 6.60. The molecule has 0 fully saturated rings. The van der Waals surface area contributed by atoms with E-state index in [4.69, 9.17) is 15.5 Å². The minimum absolute atomic E-state index is 0.165. The van der Waals surface area contributed by atoms with Gasteiger partial charge in [-0.3, -0.25) is 9.36 Å². The van der Waals surface area contributed by atoms with Gasteiger partial charge in [0.2, 0.25) is 5.34 Å². The fraction of sp³-hybridized carbons (Fsp3) is 0.800. The minimum atomic E-state index is -4.83. The van der Waals surface area contributed by atoms with Gasteiger partial charge in [0.05, 0.1) is 0 Å². The summed E-state index contributed by atoms with van der Waals surface area (Å²) in [5, 5.41) is 6.62. The highest BCUT2D eigenvalue weighted by molar-refractivity contribution is 7.54. The first-order valence-electron chi connectivity index (χ1n) is 3.25. The van der Waals surface area contributed by atoms with Crippen LogP contribution in [0.4, 0.5) is 0 Å². The van der Waals surface area contributed by atoms with Crippen LogP contribution in [0.25, 0.3) is 0 Å². The Morgan fingerprint density at radius 2 is 2.00 bits per heavy atom. The first-order chi connectivity index (χ1) is 5.25. The van der Waals surface area contributed by atoms with Gasteiger partial charge in [0.25, 0.3) is 0 Å². The van der Waals surface area contributed by atoms with Gasteiger partial charge in [0.15, 0.2) is 5.78 Å². The standard InChI is InChI=1S/C5H12NO5P/c1-4(7)5(8,2-3-6)12(9,10)11/h8H,2-3,6H2,1H3,(H2,9,10,11). The third-order valence-corrected chi connectivity index (χ3v) is 3.04. The predicted octanol–water partition coefficient (Wildman–Crippen LogP) is -1.21. The summed E-state index contributed by atoms with van der Waals surface area (Å²) < 4.78 is 10.7. The molecule has 72 valence electrons. The average Bonchev–Trinajstić information content (AvgIpc) is 1.85. The number of aliphatic hydroxyl groups is 1. The van der Waals surface area contributed by atoms with Crippen molar-refractivity contribution in [2.75, 3.05) is 6.54 Å². The molecule has 6 nitrogen and oxygen atoms in total. The lowest BCUT2D eigenvalue weighted by atomic mass is 10.2. The largest absolute Gasteiger partial charge is 0.371 e. The van der Waals surface area contributed by atoms with Gasteiger partial charge in [0, 0.05) is 6.42 Å². The SMILES string of the molecule is CC(=O)C(O)(CCN)P(=O)(O)O. The Hall–Kier alpha value is -0.260. The number of ketones is 1. The molecular formula is C5H12NO5P. The van der Waals surface area contributed by atoms with Crippen LogP contribution in [-0.4, -0.2) is 32.6 Å². The molecule has 0 spiro atoms. The van der Waals surface area contributed by atoms with E-state index in [0.29, 0.717) is 0 Å². The second kappa shape index (κ2) is 3.64. The normalized spacial score (nSPS) is 17.1.